The van der Waals surface area contributed by atoms with Gasteiger partial charge in [-0.05, 0) is 17.3 Å². The van der Waals surface area contributed by atoms with E-state index < -0.39 is 4.92 Å². The maximum Gasteiger partial charge on any atom is 0.344 e. The van der Waals surface area contributed by atoms with Gasteiger partial charge in [-0.3, -0.25) is 14.9 Å². The number of nitro groups is 1. The second-order valence-electron chi connectivity index (χ2n) is 2.65. The van der Waals surface area contributed by atoms with Crippen LogP contribution < -0.4 is 0 Å². The van der Waals surface area contributed by atoms with Crippen molar-refractivity contribution in [2.75, 3.05) is 5.75 Å². The quantitative estimate of drug-likeness (QED) is 0.358. The van der Waals surface area contributed by atoms with E-state index in [1.54, 1.807) is 0 Å². The molecule has 0 spiro atoms. The molecule has 1 aromatic heterocycles. The molecule has 84 valence electrons. The lowest BCUT2D eigenvalue weighted by Crippen LogP contribution is -1.83. The van der Waals surface area contributed by atoms with Gasteiger partial charge in [0.25, 0.3) is 0 Å². The van der Waals surface area contributed by atoms with E-state index in [4.69, 9.17) is 0 Å². The molecule has 0 aliphatic heterocycles. The highest BCUT2D eigenvalue weighted by Gasteiger charge is 2.09. The summed E-state index contributed by atoms with van der Waals surface area (Å²) >= 11 is 2.16. The van der Waals surface area contributed by atoms with Crippen molar-refractivity contribution in [3.05, 3.63) is 21.3 Å². The minimum Gasteiger partial charge on any atom is -0.288 e. The molecule has 1 aromatic rings. The van der Waals surface area contributed by atoms with Gasteiger partial charge in [0.15, 0.2) is 10.1 Å². The van der Waals surface area contributed by atoms with Crippen LogP contribution >= 0.6 is 23.1 Å². The first-order chi connectivity index (χ1) is 7.59. The molecule has 0 unspecified atom stereocenters. The molecule has 0 aliphatic rings. The Morgan fingerprint density at radius 3 is 3.06 bits per heavy atom. The molecule has 0 aromatic carbocycles. The molecular formula is C9H8N2O3S2. The summed E-state index contributed by atoms with van der Waals surface area (Å²) in [5.74, 6) is 6.17. The second kappa shape index (κ2) is 6.25. The lowest BCUT2D eigenvalue weighted by molar-refractivity contribution is -0.380. The van der Waals surface area contributed by atoms with Crippen LogP contribution in [0.25, 0.3) is 0 Å². The lowest BCUT2D eigenvalue weighted by atomic mass is 10.5. The zero-order chi connectivity index (χ0) is 12.0. The van der Waals surface area contributed by atoms with Crippen molar-refractivity contribution in [2.45, 2.75) is 13.3 Å². The standard InChI is InChI=1S/C9H8N2O3S2/c1-7(12)15-5-3-2-4-8-10-6-9(16-8)11(13)14/h6H,3,5H2,1H3. The smallest absolute Gasteiger partial charge is 0.288 e. The molecule has 0 radical (unpaired) electrons. The summed E-state index contributed by atoms with van der Waals surface area (Å²) in [7, 11) is 0. The second-order valence-corrected chi connectivity index (χ2v) is 4.93. The number of aromatic nitrogens is 1. The molecule has 0 bridgehead atoms. The first-order valence-corrected chi connectivity index (χ1v) is 6.12. The van der Waals surface area contributed by atoms with E-state index in [9.17, 15) is 14.9 Å². The van der Waals surface area contributed by atoms with E-state index in [0.29, 0.717) is 17.2 Å². The Bertz CT molecular complexity index is 459. The average Bonchev–Trinajstić information content (AvgIpc) is 2.65. The van der Waals surface area contributed by atoms with Crippen LogP contribution in [0.2, 0.25) is 0 Å². The van der Waals surface area contributed by atoms with Crippen LogP contribution in [0.3, 0.4) is 0 Å². The van der Waals surface area contributed by atoms with Crippen LogP contribution in [0.4, 0.5) is 5.00 Å². The topological polar surface area (TPSA) is 73.1 Å². The maximum atomic E-state index is 10.6. The molecule has 0 fully saturated rings. The highest BCUT2D eigenvalue weighted by molar-refractivity contribution is 8.13. The molecule has 16 heavy (non-hydrogen) atoms. The van der Waals surface area contributed by atoms with Crippen molar-refractivity contribution in [3.63, 3.8) is 0 Å². The molecule has 0 saturated heterocycles. The van der Waals surface area contributed by atoms with E-state index >= 15 is 0 Å². The number of thioether (sulfide) groups is 1. The van der Waals surface area contributed by atoms with E-state index in [2.05, 4.69) is 16.8 Å². The van der Waals surface area contributed by atoms with Crippen LogP contribution in [0.15, 0.2) is 6.20 Å². The number of carbonyl (C=O) groups excluding carboxylic acids is 1. The van der Waals surface area contributed by atoms with E-state index in [0.717, 1.165) is 11.3 Å². The fraction of sp³-hybridized carbons (Fsp3) is 0.333. The molecule has 1 rings (SSSR count). The summed E-state index contributed by atoms with van der Waals surface area (Å²) in [6.07, 6.45) is 1.76. The Labute approximate surface area is 100 Å². The Morgan fingerprint density at radius 1 is 1.75 bits per heavy atom. The number of thiazole rings is 1. The van der Waals surface area contributed by atoms with Gasteiger partial charge in [-0.2, -0.15) is 0 Å². The van der Waals surface area contributed by atoms with E-state index in [-0.39, 0.29) is 10.1 Å². The molecule has 0 aliphatic carbocycles. The van der Waals surface area contributed by atoms with Gasteiger partial charge >= 0.3 is 5.00 Å². The summed E-state index contributed by atoms with van der Waals surface area (Å²) in [6.45, 7) is 1.50. The average molecular weight is 256 g/mol. The fourth-order valence-corrected chi connectivity index (χ4v) is 1.89. The van der Waals surface area contributed by atoms with Crippen molar-refractivity contribution in [1.29, 1.82) is 0 Å². The lowest BCUT2D eigenvalue weighted by Gasteiger charge is -1.87. The van der Waals surface area contributed by atoms with Gasteiger partial charge in [0.1, 0.15) is 6.20 Å². The first kappa shape index (κ1) is 12.7. The van der Waals surface area contributed by atoms with Crippen LogP contribution in [0.1, 0.15) is 18.4 Å². The molecule has 0 atom stereocenters. The summed E-state index contributed by atoms with van der Waals surface area (Å²) < 4.78 is 0. The van der Waals surface area contributed by atoms with Crippen molar-refractivity contribution in [2.24, 2.45) is 0 Å². The third kappa shape index (κ3) is 4.42. The molecule has 0 N–H and O–H groups in total. The predicted octanol–water partition coefficient (Wildman–Crippen LogP) is 2.07. The highest BCUT2D eigenvalue weighted by Crippen LogP contribution is 2.19. The van der Waals surface area contributed by atoms with Gasteiger partial charge < -0.3 is 0 Å². The minimum absolute atomic E-state index is 0.0117. The minimum atomic E-state index is -0.492. The molecule has 7 heteroatoms. The zero-order valence-corrected chi connectivity index (χ0v) is 10.1. The summed E-state index contributed by atoms with van der Waals surface area (Å²) in [4.78, 5) is 24.2. The zero-order valence-electron chi connectivity index (χ0n) is 8.43. The largest absolute Gasteiger partial charge is 0.344 e. The number of rotatable bonds is 3. The maximum absolute atomic E-state index is 10.6. The Balaban J connectivity index is 2.44. The molecule has 5 nitrogen and oxygen atoms in total. The van der Waals surface area contributed by atoms with Crippen LogP contribution in [0.5, 0.6) is 0 Å². The molecule has 0 saturated carbocycles. The Kier molecular flexibility index (Phi) is 4.95. The number of hydrogen-bond donors (Lipinski definition) is 0. The molecule has 0 amide bonds. The summed E-state index contributed by atoms with van der Waals surface area (Å²) in [5.41, 5.74) is 0. The summed E-state index contributed by atoms with van der Waals surface area (Å²) in [5, 5.41) is 10.8. The van der Waals surface area contributed by atoms with E-state index in [1.807, 2.05) is 0 Å². The highest BCUT2D eigenvalue weighted by atomic mass is 32.2. The van der Waals surface area contributed by atoms with Crippen molar-refractivity contribution in [1.82, 2.24) is 4.98 Å². The summed E-state index contributed by atoms with van der Waals surface area (Å²) in [6, 6.07) is 0. The number of hydrogen-bond acceptors (Lipinski definition) is 6. The molecular weight excluding hydrogens is 248 g/mol. The SMILES string of the molecule is CC(=O)SCCC#Cc1ncc([N+](=O)[O-])s1. The predicted molar refractivity (Wildman–Crippen MR) is 63.4 cm³/mol. The Hall–Kier alpha value is -1.39. The third-order valence-electron chi connectivity index (χ3n) is 1.40. The normalized spacial score (nSPS) is 9.31. The van der Waals surface area contributed by atoms with Gasteiger partial charge in [-0.25, -0.2) is 4.98 Å². The van der Waals surface area contributed by atoms with Gasteiger partial charge in [0, 0.05) is 19.1 Å². The monoisotopic (exact) mass is 256 g/mol. The van der Waals surface area contributed by atoms with Crippen molar-refractivity contribution in [3.8, 4) is 11.8 Å². The van der Waals surface area contributed by atoms with Gasteiger partial charge in [0.2, 0.25) is 0 Å². The third-order valence-corrected chi connectivity index (χ3v) is 3.08. The van der Waals surface area contributed by atoms with Crippen molar-refractivity contribution < 1.29 is 9.72 Å². The molecule has 1 heterocycles. The van der Waals surface area contributed by atoms with E-state index in [1.165, 1.54) is 24.9 Å². The van der Waals surface area contributed by atoms with Gasteiger partial charge in [-0.1, -0.05) is 17.7 Å². The van der Waals surface area contributed by atoms with Crippen LogP contribution in [-0.2, 0) is 4.79 Å². The van der Waals surface area contributed by atoms with Crippen LogP contribution in [-0.4, -0.2) is 20.8 Å². The number of carbonyl (C=O) groups is 1. The Morgan fingerprint density at radius 2 is 2.50 bits per heavy atom. The van der Waals surface area contributed by atoms with Gasteiger partial charge in [0.05, 0.1) is 4.92 Å². The van der Waals surface area contributed by atoms with Gasteiger partial charge in [-0.15, -0.1) is 0 Å². The fourth-order valence-electron chi connectivity index (χ4n) is 0.792. The number of nitrogens with zero attached hydrogens (tertiary/aromatic N) is 2. The van der Waals surface area contributed by atoms with Crippen LogP contribution in [0, 0.1) is 22.0 Å². The first-order valence-electron chi connectivity index (χ1n) is 4.32. The van der Waals surface area contributed by atoms with Crippen molar-refractivity contribution >= 4 is 33.2 Å².